The summed E-state index contributed by atoms with van der Waals surface area (Å²) in [6.45, 7) is 2.18. The van der Waals surface area contributed by atoms with Crippen molar-refractivity contribution in [2.75, 3.05) is 0 Å². The Morgan fingerprint density at radius 2 is 1.58 bits per heavy atom. The predicted octanol–water partition coefficient (Wildman–Crippen LogP) is 4.16. The zero-order chi connectivity index (χ0) is 18.0. The lowest BCUT2D eigenvalue weighted by atomic mass is 10.1. The number of rotatable bonds is 14. The van der Waals surface area contributed by atoms with E-state index in [1.54, 1.807) is 36.5 Å². The van der Waals surface area contributed by atoms with Gasteiger partial charge in [0.25, 0.3) is 0 Å². The summed E-state index contributed by atoms with van der Waals surface area (Å²) < 4.78 is 0. The number of carboxylic acid groups (broad SMARTS) is 1. The molecule has 0 aliphatic rings. The fraction of sp³-hybridized carbons (Fsp3) is 0.550. The predicted molar refractivity (Wildman–Crippen MR) is 98.8 cm³/mol. The minimum atomic E-state index is -0.842. The van der Waals surface area contributed by atoms with E-state index in [9.17, 15) is 15.0 Å². The molecule has 2 atom stereocenters. The van der Waals surface area contributed by atoms with Crippen molar-refractivity contribution in [3.8, 4) is 0 Å². The summed E-state index contributed by atoms with van der Waals surface area (Å²) in [5, 5.41) is 27.9. The van der Waals surface area contributed by atoms with Gasteiger partial charge in [-0.15, -0.1) is 0 Å². The second-order valence-corrected chi connectivity index (χ2v) is 5.78. The Bertz CT molecular complexity index is 421. The Hall–Kier alpha value is -1.65. The second-order valence-electron chi connectivity index (χ2n) is 5.78. The van der Waals surface area contributed by atoms with Gasteiger partial charge in [-0.05, 0) is 32.1 Å². The number of aliphatic hydroxyl groups is 2. The molecule has 0 bridgehead atoms. The highest BCUT2D eigenvalue weighted by atomic mass is 16.4. The van der Waals surface area contributed by atoms with Gasteiger partial charge in [-0.25, -0.2) is 0 Å². The third kappa shape index (κ3) is 16.7. The summed E-state index contributed by atoms with van der Waals surface area (Å²) in [6.07, 6.45) is 19.8. The molecular formula is C20H32O4. The summed E-state index contributed by atoms with van der Waals surface area (Å²) in [5.41, 5.74) is 0. The van der Waals surface area contributed by atoms with E-state index in [1.165, 1.54) is 19.3 Å². The molecule has 0 fully saturated rings. The van der Waals surface area contributed by atoms with Crippen LogP contribution in [-0.2, 0) is 4.79 Å². The summed E-state index contributed by atoms with van der Waals surface area (Å²) in [7, 11) is 0. The molecule has 0 heterocycles. The number of allylic oxidation sites excluding steroid dienone is 5. The highest BCUT2D eigenvalue weighted by Gasteiger charge is 2.01. The third-order valence-electron chi connectivity index (χ3n) is 3.41. The summed E-state index contributed by atoms with van der Waals surface area (Å²) in [4.78, 5) is 10.3. The molecule has 0 aliphatic heterocycles. The largest absolute Gasteiger partial charge is 0.481 e. The molecule has 0 saturated carbocycles. The molecule has 3 N–H and O–H groups in total. The molecule has 24 heavy (non-hydrogen) atoms. The van der Waals surface area contributed by atoms with E-state index < -0.39 is 18.2 Å². The quantitative estimate of drug-likeness (QED) is 0.253. The zero-order valence-electron chi connectivity index (χ0n) is 14.7. The standard InChI is InChI=1S/C20H32O4/c1-2-3-4-5-6-9-13-18(21)14-10-7-8-11-15-19(22)16-12-17-20(23)24/h6-11,14-15,18-19,21-22H,2-5,12-13,16-17H2,1H3,(H,23,24)/b8-7+,9-6+,14-10+,15-11+/t18-,19-/m0/s1. The number of carbonyl (C=O) groups is 1. The van der Waals surface area contributed by atoms with E-state index in [4.69, 9.17) is 5.11 Å². The van der Waals surface area contributed by atoms with E-state index >= 15 is 0 Å². The molecular weight excluding hydrogens is 304 g/mol. The van der Waals surface area contributed by atoms with Crippen molar-refractivity contribution in [2.45, 2.75) is 70.5 Å². The molecule has 0 saturated heterocycles. The lowest BCUT2D eigenvalue weighted by molar-refractivity contribution is -0.137. The molecule has 0 spiro atoms. The van der Waals surface area contributed by atoms with Crippen LogP contribution in [0.25, 0.3) is 0 Å². The Morgan fingerprint density at radius 3 is 2.21 bits per heavy atom. The van der Waals surface area contributed by atoms with Crippen molar-refractivity contribution in [2.24, 2.45) is 0 Å². The summed E-state index contributed by atoms with van der Waals surface area (Å²) in [5.74, 6) is -0.842. The normalized spacial score (nSPS) is 15.1. The minimum Gasteiger partial charge on any atom is -0.481 e. The van der Waals surface area contributed by atoms with Gasteiger partial charge in [0, 0.05) is 6.42 Å². The maximum absolute atomic E-state index is 10.3. The van der Waals surface area contributed by atoms with E-state index in [1.807, 2.05) is 6.08 Å². The minimum absolute atomic E-state index is 0.0778. The van der Waals surface area contributed by atoms with Crippen LogP contribution >= 0.6 is 0 Å². The second kappa shape index (κ2) is 16.2. The van der Waals surface area contributed by atoms with Gasteiger partial charge in [0.15, 0.2) is 0 Å². The number of hydrogen-bond acceptors (Lipinski definition) is 3. The monoisotopic (exact) mass is 336 g/mol. The zero-order valence-corrected chi connectivity index (χ0v) is 14.7. The molecule has 0 aliphatic carbocycles. The van der Waals surface area contributed by atoms with Crippen LogP contribution < -0.4 is 0 Å². The van der Waals surface area contributed by atoms with E-state index in [-0.39, 0.29) is 6.42 Å². The van der Waals surface area contributed by atoms with Crippen molar-refractivity contribution >= 4 is 5.97 Å². The summed E-state index contributed by atoms with van der Waals surface area (Å²) >= 11 is 0. The van der Waals surface area contributed by atoms with E-state index in [2.05, 4.69) is 13.0 Å². The Labute approximate surface area is 145 Å². The topological polar surface area (TPSA) is 77.8 Å². The molecule has 0 aromatic rings. The Balaban J connectivity index is 3.81. The lowest BCUT2D eigenvalue weighted by Gasteiger charge is -2.02. The van der Waals surface area contributed by atoms with Crippen LogP contribution in [0.5, 0.6) is 0 Å². The molecule has 0 unspecified atom stereocenters. The number of hydrogen-bond donors (Lipinski definition) is 3. The molecule has 0 aromatic heterocycles. The van der Waals surface area contributed by atoms with E-state index in [0.717, 1.165) is 6.42 Å². The average molecular weight is 336 g/mol. The number of unbranched alkanes of at least 4 members (excludes halogenated alkanes) is 3. The SMILES string of the molecule is CCCCC/C=C/C[C@H](O)/C=C/C=C/C=C/[C@H](O)CCCC(=O)O. The highest BCUT2D eigenvalue weighted by Crippen LogP contribution is 2.03. The van der Waals surface area contributed by atoms with Gasteiger partial charge in [-0.1, -0.05) is 68.4 Å². The molecule has 4 heteroatoms. The van der Waals surface area contributed by atoms with Crippen LogP contribution in [0.2, 0.25) is 0 Å². The molecule has 0 aromatic carbocycles. The van der Waals surface area contributed by atoms with Gasteiger partial charge in [0.05, 0.1) is 12.2 Å². The first-order valence-corrected chi connectivity index (χ1v) is 8.80. The van der Waals surface area contributed by atoms with Gasteiger partial charge in [-0.2, -0.15) is 0 Å². The smallest absolute Gasteiger partial charge is 0.303 e. The average Bonchev–Trinajstić information content (AvgIpc) is 2.53. The number of carboxylic acids is 1. The molecule has 136 valence electrons. The molecule has 0 rings (SSSR count). The maximum Gasteiger partial charge on any atom is 0.303 e. The Morgan fingerprint density at radius 1 is 0.917 bits per heavy atom. The summed E-state index contributed by atoms with van der Waals surface area (Å²) in [6, 6.07) is 0. The van der Waals surface area contributed by atoms with Crippen LogP contribution in [0.4, 0.5) is 0 Å². The van der Waals surface area contributed by atoms with Crippen LogP contribution in [0.15, 0.2) is 48.6 Å². The molecule has 0 amide bonds. The van der Waals surface area contributed by atoms with Gasteiger partial charge >= 0.3 is 5.97 Å². The van der Waals surface area contributed by atoms with Gasteiger partial charge in [0.2, 0.25) is 0 Å². The fourth-order valence-corrected chi connectivity index (χ4v) is 2.02. The van der Waals surface area contributed by atoms with Crippen LogP contribution in [0.3, 0.4) is 0 Å². The van der Waals surface area contributed by atoms with Crippen LogP contribution in [-0.4, -0.2) is 33.5 Å². The number of aliphatic carboxylic acids is 1. The third-order valence-corrected chi connectivity index (χ3v) is 3.41. The lowest BCUT2D eigenvalue weighted by Crippen LogP contribution is -2.03. The Kier molecular flexibility index (Phi) is 15.1. The highest BCUT2D eigenvalue weighted by molar-refractivity contribution is 5.66. The fourth-order valence-electron chi connectivity index (χ4n) is 2.02. The van der Waals surface area contributed by atoms with Crippen LogP contribution in [0.1, 0.15) is 58.3 Å². The first-order valence-electron chi connectivity index (χ1n) is 8.80. The van der Waals surface area contributed by atoms with Gasteiger partial charge in [0.1, 0.15) is 0 Å². The van der Waals surface area contributed by atoms with Crippen LogP contribution in [0, 0.1) is 0 Å². The molecule has 0 radical (unpaired) electrons. The van der Waals surface area contributed by atoms with Crippen molar-refractivity contribution in [1.82, 2.24) is 0 Å². The van der Waals surface area contributed by atoms with Crippen molar-refractivity contribution in [3.63, 3.8) is 0 Å². The van der Waals surface area contributed by atoms with Crippen molar-refractivity contribution in [1.29, 1.82) is 0 Å². The van der Waals surface area contributed by atoms with E-state index in [0.29, 0.717) is 19.3 Å². The maximum atomic E-state index is 10.3. The number of aliphatic hydroxyl groups excluding tert-OH is 2. The van der Waals surface area contributed by atoms with Gasteiger partial charge in [-0.3, -0.25) is 4.79 Å². The van der Waals surface area contributed by atoms with Crippen molar-refractivity contribution < 1.29 is 20.1 Å². The molecule has 4 nitrogen and oxygen atoms in total. The first kappa shape index (κ1) is 22.4. The van der Waals surface area contributed by atoms with Crippen molar-refractivity contribution in [3.05, 3.63) is 48.6 Å². The first-order chi connectivity index (χ1) is 11.6. The van der Waals surface area contributed by atoms with Gasteiger partial charge < -0.3 is 15.3 Å².